The standard InChI is InChI=1S/C27H33N3O3S/c31-25(27(33)10-14-30(15-11-27)26(32)6-5-20-9-16-34-19-20)18-29-12-7-21(8-13-29)23-17-28-24-4-2-1-3-22(23)24/h1-6,9,16-17,19,21,25,28,31,33H,7-8,10-15,18H2/b6-5+. The van der Waals surface area contributed by atoms with Gasteiger partial charge in [0.2, 0.25) is 5.91 Å². The van der Waals surface area contributed by atoms with Crippen LogP contribution in [0.2, 0.25) is 0 Å². The summed E-state index contributed by atoms with van der Waals surface area (Å²) in [4.78, 5) is 19.9. The van der Waals surface area contributed by atoms with Gasteiger partial charge in [0.05, 0.1) is 11.7 Å². The predicted molar refractivity (Wildman–Crippen MR) is 137 cm³/mol. The zero-order valence-electron chi connectivity index (χ0n) is 19.4. The Balaban J connectivity index is 1.10. The Kier molecular flexibility index (Phi) is 6.88. The maximum Gasteiger partial charge on any atom is 0.246 e. The molecular formula is C27H33N3O3S. The van der Waals surface area contributed by atoms with Gasteiger partial charge < -0.3 is 25.0 Å². The van der Waals surface area contributed by atoms with Crippen molar-refractivity contribution in [1.29, 1.82) is 0 Å². The molecule has 0 radical (unpaired) electrons. The molecule has 7 heteroatoms. The molecule has 3 N–H and O–H groups in total. The van der Waals surface area contributed by atoms with Gasteiger partial charge in [-0.2, -0.15) is 11.3 Å². The van der Waals surface area contributed by atoms with Crippen LogP contribution in [-0.4, -0.2) is 75.3 Å². The monoisotopic (exact) mass is 479 g/mol. The summed E-state index contributed by atoms with van der Waals surface area (Å²) >= 11 is 1.60. The molecule has 2 saturated heterocycles. The van der Waals surface area contributed by atoms with Gasteiger partial charge in [-0.3, -0.25) is 4.79 Å². The summed E-state index contributed by atoms with van der Waals surface area (Å²) in [5.74, 6) is 0.478. The number of β-amino-alcohol motifs (C(OH)–C–C–N with tert-alkyl or cyclic N) is 1. The van der Waals surface area contributed by atoms with Crippen LogP contribution in [0.1, 0.15) is 42.7 Å². The number of nitrogens with one attached hydrogen (secondary N) is 1. The molecule has 4 heterocycles. The number of aromatic nitrogens is 1. The molecule has 2 fully saturated rings. The molecule has 34 heavy (non-hydrogen) atoms. The summed E-state index contributed by atoms with van der Waals surface area (Å²) in [6, 6.07) is 10.4. The summed E-state index contributed by atoms with van der Waals surface area (Å²) < 4.78 is 0. The molecule has 0 bridgehead atoms. The minimum atomic E-state index is -1.14. The molecule has 0 spiro atoms. The summed E-state index contributed by atoms with van der Waals surface area (Å²) in [7, 11) is 0. The van der Waals surface area contributed by atoms with E-state index in [0.29, 0.717) is 38.4 Å². The van der Waals surface area contributed by atoms with Crippen molar-refractivity contribution in [2.45, 2.75) is 43.3 Å². The molecule has 2 aromatic heterocycles. The second-order valence-corrected chi connectivity index (χ2v) is 10.5. The smallest absolute Gasteiger partial charge is 0.246 e. The Morgan fingerprint density at radius 2 is 1.94 bits per heavy atom. The maximum absolute atomic E-state index is 12.5. The Labute approximate surface area is 204 Å². The summed E-state index contributed by atoms with van der Waals surface area (Å²) in [6.45, 7) is 3.22. The number of H-pyrrole nitrogens is 1. The Morgan fingerprint density at radius 3 is 2.68 bits per heavy atom. The van der Waals surface area contributed by atoms with Crippen LogP contribution in [0.4, 0.5) is 0 Å². The molecule has 3 aromatic rings. The van der Waals surface area contributed by atoms with E-state index in [0.717, 1.165) is 31.5 Å². The van der Waals surface area contributed by atoms with Gasteiger partial charge in [-0.05, 0) is 84.8 Å². The van der Waals surface area contributed by atoms with E-state index >= 15 is 0 Å². The number of thiophene rings is 1. The first-order valence-electron chi connectivity index (χ1n) is 12.2. The Bertz CT molecular complexity index is 1120. The van der Waals surface area contributed by atoms with Crippen LogP contribution < -0.4 is 0 Å². The highest BCUT2D eigenvalue weighted by Gasteiger charge is 2.40. The van der Waals surface area contributed by atoms with Crippen molar-refractivity contribution in [2.24, 2.45) is 0 Å². The van der Waals surface area contributed by atoms with Crippen LogP contribution >= 0.6 is 11.3 Å². The van der Waals surface area contributed by atoms with E-state index in [1.165, 1.54) is 16.5 Å². The van der Waals surface area contributed by atoms with Crippen molar-refractivity contribution in [2.75, 3.05) is 32.7 Å². The topological polar surface area (TPSA) is 79.8 Å². The number of fused-ring (bicyclic) bond motifs is 1. The number of aliphatic hydroxyl groups excluding tert-OH is 1. The lowest BCUT2D eigenvalue weighted by Gasteiger charge is -2.43. The molecule has 1 unspecified atom stereocenters. The normalized spacial score (nSPS) is 20.8. The molecule has 180 valence electrons. The number of aliphatic hydroxyl groups is 2. The van der Waals surface area contributed by atoms with Gasteiger partial charge >= 0.3 is 0 Å². The molecule has 0 aliphatic carbocycles. The number of amides is 1. The molecule has 1 atom stereocenters. The van der Waals surface area contributed by atoms with E-state index in [-0.39, 0.29) is 5.91 Å². The number of para-hydroxylation sites is 1. The second-order valence-electron chi connectivity index (χ2n) is 9.70. The number of rotatable bonds is 6. The van der Waals surface area contributed by atoms with Crippen molar-refractivity contribution in [3.05, 3.63) is 64.5 Å². The largest absolute Gasteiger partial charge is 0.389 e. The highest BCUT2D eigenvalue weighted by molar-refractivity contribution is 7.08. The van der Waals surface area contributed by atoms with Crippen LogP contribution in [0.3, 0.4) is 0 Å². The van der Waals surface area contributed by atoms with E-state index in [1.807, 2.05) is 22.9 Å². The Hall–Kier alpha value is -2.45. The van der Waals surface area contributed by atoms with Gasteiger partial charge in [0.25, 0.3) is 0 Å². The SMILES string of the molecule is O=C(/C=C/c1ccsc1)N1CCC(O)(C(O)CN2CCC(c3c[nH]c4ccccc34)CC2)CC1. The van der Waals surface area contributed by atoms with Gasteiger partial charge in [0, 0.05) is 42.8 Å². The molecular weight excluding hydrogens is 446 g/mol. The average molecular weight is 480 g/mol. The lowest BCUT2D eigenvalue weighted by atomic mass is 9.84. The van der Waals surface area contributed by atoms with Gasteiger partial charge in [-0.25, -0.2) is 0 Å². The van der Waals surface area contributed by atoms with Crippen LogP contribution in [0.5, 0.6) is 0 Å². The number of piperidine rings is 2. The van der Waals surface area contributed by atoms with E-state index in [2.05, 4.69) is 40.3 Å². The fourth-order valence-corrected chi connectivity index (χ4v) is 5.99. The minimum Gasteiger partial charge on any atom is -0.389 e. The predicted octanol–water partition coefficient (Wildman–Crippen LogP) is 3.84. The number of aromatic amines is 1. The molecule has 0 saturated carbocycles. The van der Waals surface area contributed by atoms with E-state index in [4.69, 9.17) is 0 Å². The quantitative estimate of drug-likeness (QED) is 0.470. The van der Waals surface area contributed by atoms with E-state index in [9.17, 15) is 15.0 Å². The van der Waals surface area contributed by atoms with Crippen molar-refractivity contribution >= 4 is 34.2 Å². The third-order valence-corrected chi connectivity index (χ3v) is 8.30. The third-order valence-electron chi connectivity index (χ3n) is 7.60. The highest BCUT2D eigenvalue weighted by Crippen LogP contribution is 2.34. The van der Waals surface area contributed by atoms with Gasteiger partial charge in [-0.1, -0.05) is 18.2 Å². The Morgan fingerprint density at radius 1 is 1.18 bits per heavy atom. The first-order chi connectivity index (χ1) is 16.5. The lowest BCUT2D eigenvalue weighted by Crippen LogP contribution is -2.56. The second kappa shape index (κ2) is 10.0. The molecule has 2 aliphatic rings. The fourth-order valence-electron chi connectivity index (χ4n) is 5.36. The van der Waals surface area contributed by atoms with Crippen molar-refractivity contribution < 1.29 is 15.0 Å². The summed E-state index contributed by atoms with van der Waals surface area (Å²) in [5.41, 5.74) is 2.46. The van der Waals surface area contributed by atoms with E-state index in [1.54, 1.807) is 22.3 Å². The van der Waals surface area contributed by atoms with Crippen molar-refractivity contribution in [3.63, 3.8) is 0 Å². The number of likely N-dealkylation sites (tertiary alicyclic amines) is 2. The first-order valence-corrected chi connectivity index (χ1v) is 13.1. The number of benzene rings is 1. The third kappa shape index (κ3) is 4.98. The minimum absolute atomic E-state index is 0.0397. The zero-order valence-corrected chi connectivity index (χ0v) is 20.2. The lowest BCUT2D eigenvalue weighted by molar-refractivity contribution is -0.140. The average Bonchev–Trinajstić information content (AvgIpc) is 3.54. The number of carbonyl (C=O) groups excluding carboxylic acids is 1. The van der Waals surface area contributed by atoms with Gasteiger partial charge in [0.15, 0.2) is 0 Å². The highest BCUT2D eigenvalue weighted by atomic mass is 32.1. The van der Waals surface area contributed by atoms with Crippen LogP contribution in [0, 0.1) is 0 Å². The van der Waals surface area contributed by atoms with Crippen LogP contribution in [-0.2, 0) is 4.79 Å². The summed E-state index contributed by atoms with van der Waals surface area (Å²) in [5, 5.41) is 27.3. The first kappa shape index (κ1) is 23.3. The molecule has 2 aliphatic heterocycles. The number of carbonyl (C=O) groups is 1. The van der Waals surface area contributed by atoms with Crippen LogP contribution in [0.25, 0.3) is 17.0 Å². The van der Waals surface area contributed by atoms with E-state index < -0.39 is 11.7 Å². The molecule has 1 amide bonds. The molecule has 1 aromatic carbocycles. The van der Waals surface area contributed by atoms with Crippen molar-refractivity contribution in [1.82, 2.24) is 14.8 Å². The molecule has 5 rings (SSSR count). The maximum atomic E-state index is 12.5. The number of hydrogen-bond donors (Lipinski definition) is 3. The zero-order chi connectivity index (χ0) is 23.5. The van der Waals surface area contributed by atoms with Crippen molar-refractivity contribution in [3.8, 4) is 0 Å². The number of hydrogen-bond acceptors (Lipinski definition) is 5. The van der Waals surface area contributed by atoms with Gasteiger partial charge in [0.1, 0.15) is 0 Å². The van der Waals surface area contributed by atoms with Crippen LogP contribution in [0.15, 0.2) is 53.4 Å². The molecule has 6 nitrogen and oxygen atoms in total. The van der Waals surface area contributed by atoms with Gasteiger partial charge in [-0.15, -0.1) is 0 Å². The fraction of sp³-hybridized carbons (Fsp3) is 0.444. The summed E-state index contributed by atoms with van der Waals surface area (Å²) in [6.07, 6.45) is 7.66. The number of nitrogens with zero attached hydrogens (tertiary/aromatic N) is 2.